The molecule has 0 spiro atoms. The Balaban J connectivity index is 1.73. The van der Waals surface area contributed by atoms with Crippen molar-refractivity contribution in [2.75, 3.05) is 13.1 Å². The molecule has 7 nitrogen and oxygen atoms in total. The van der Waals surface area contributed by atoms with Gasteiger partial charge in [-0.3, -0.25) is 15.8 Å². The molecule has 0 aliphatic carbocycles. The summed E-state index contributed by atoms with van der Waals surface area (Å²) in [6.07, 6.45) is 4.77. The predicted molar refractivity (Wildman–Crippen MR) is 138 cm³/mol. The number of guanidine groups is 2. The fraction of sp³-hybridized carbons (Fsp3) is 0.148. The Bertz CT molecular complexity index is 1190. The second-order valence-electron chi connectivity index (χ2n) is 7.41. The first kappa shape index (κ1) is 23.9. The van der Waals surface area contributed by atoms with Crippen LogP contribution < -0.4 is 22.1 Å². The molecule has 0 atom stereocenters. The number of nitrogens with two attached hydrogens (primary N) is 2. The summed E-state index contributed by atoms with van der Waals surface area (Å²) >= 11 is 0. The zero-order valence-electron chi connectivity index (χ0n) is 18.8. The molecule has 0 amide bonds. The molecule has 0 saturated carbocycles. The van der Waals surface area contributed by atoms with Gasteiger partial charge in [-0.1, -0.05) is 54.0 Å². The Morgan fingerprint density at radius 1 is 0.706 bits per heavy atom. The molecule has 170 valence electrons. The van der Waals surface area contributed by atoms with Gasteiger partial charge >= 0.3 is 0 Å². The maximum Gasteiger partial charge on any atom is 0.185 e. The summed E-state index contributed by atoms with van der Waals surface area (Å²) in [4.78, 5) is 4.35. The van der Waals surface area contributed by atoms with Crippen molar-refractivity contribution in [2.45, 2.75) is 12.8 Å². The normalized spacial score (nSPS) is 9.65. The Hall–Kier alpha value is -4.75. The van der Waals surface area contributed by atoms with E-state index < -0.39 is 0 Å². The van der Waals surface area contributed by atoms with E-state index in [4.69, 9.17) is 22.3 Å². The summed E-state index contributed by atoms with van der Waals surface area (Å²) in [5.74, 6) is 12.4. The van der Waals surface area contributed by atoms with Gasteiger partial charge < -0.3 is 22.1 Å². The van der Waals surface area contributed by atoms with Crippen LogP contribution >= 0.6 is 0 Å². The molecule has 0 unspecified atom stereocenters. The topological polar surface area (TPSA) is 137 Å². The molecule has 3 rings (SSSR count). The van der Waals surface area contributed by atoms with Crippen LogP contribution in [-0.4, -0.2) is 30.0 Å². The second kappa shape index (κ2) is 12.3. The molecule has 1 heterocycles. The SMILES string of the molecule is N=C(N)NCCC#Cc1cccc(-c2cccc(-c3cncc(C#CCCNC(=N)N)c3)c2)c1. The monoisotopic (exact) mass is 449 g/mol. The van der Waals surface area contributed by atoms with E-state index in [0.29, 0.717) is 25.9 Å². The van der Waals surface area contributed by atoms with E-state index in [-0.39, 0.29) is 11.9 Å². The van der Waals surface area contributed by atoms with E-state index in [2.05, 4.69) is 69.6 Å². The minimum Gasteiger partial charge on any atom is -0.370 e. The van der Waals surface area contributed by atoms with E-state index in [1.165, 1.54) is 0 Å². The number of aromatic nitrogens is 1. The Kier molecular flexibility index (Phi) is 8.67. The van der Waals surface area contributed by atoms with Crippen LogP contribution in [0.1, 0.15) is 24.0 Å². The zero-order chi connectivity index (χ0) is 24.2. The molecule has 1 aromatic heterocycles. The highest BCUT2D eigenvalue weighted by Crippen LogP contribution is 2.27. The fourth-order valence-electron chi connectivity index (χ4n) is 3.17. The van der Waals surface area contributed by atoms with Gasteiger partial charge in [-0.2, -0.15) is 0 Å². The summed E-state index contributed by atoms with van der Waals surface area (Å²) in [6.45, 7) is 1.09. The molecule has 0 fully saturated rings. The molecule has 7 heteroatoms. The highest BCUT2D eigenvalue weighted by atomic mass is 15.0. The summed E-state index contributed by atoms with van der Waals surface area (Å²) < 4.78 is 0. The zero-order valence-corrected chi connectivity index (χ0v) is 18.8. The highest BCUT2D eigenvalue weighted by Gasteiger charge is 2.04. The van der Waals surface area contributed by atoms with Gasteiger partial charge in [-0.15, -0.1) is 0 Å². The van der Waals surface area contributed by atoms with Crippen LogP contribution in [-0.2, 0) is 0 Å². The average Bonchev–Trinajstić information content (AvgIpc) is 2.84. The van der Waals surface area contributed by atoms with Gasteiger partial charge in [0.25, 0.3) is 0 Å². The van der Waals surface area contributed by atoms with Crippen molar-refractivity contribution in [3.63, 3.8) is 0 Å². The summed E-state index contributed by atoms with van der Waals surface area (Å²) in [5.41, 5.74) is 16.5. The van der Waals surface area contributed by atoms with Crippen LogP contribution in [0.3, 0.4) is 0 Å². The van der Waals surface area contributed by atoms with Gasteiger partial charge in [0, 0.05) is 55.0 Å². The lowest BCUT2D eigenvalue weighted by atomic mass is 9.98. The molecule has 0 aliphatic rings. The number of nitrogens with one attached hydrogen (secondary N) is 4. The molecule has 34 heavy (non-hydrogen) atoms. The largest absolute Gasteiger partial charge is 0.370 e. The van der Waals surface area contributed by atoms with Crippen LogP contribution in [0.15, 0.2) is 67.0 Å². The molecule has 0 saturated heterocycles. The van der Waals surface area contributed by atoms with Gasteiger partial charge in [-0.25, -0.2) is 0 Å². The number of hydrogen-bond acceptors (Lipinski definition) is 3. The second-order valence-corrected chi connectivity index (χ2v) is 7.41. The third kappa shape index (κ3) is 7.74. The fourth-order valence-corrected chi connectivity index (χ4v) is 3.17. The van der Waals surface area contributed by atoms with Crippen LogP contribution in [0.25, 0.3) is 22.3 Å². The first-order chi connectivity index (χ1) is 16.5. The first-order valence-corrected chi connectivity index (χ1v) is 10.8. The number of hydrogen-bond donors (Lipinski definition) is 6. The van der Waals surface area contributed by atoms with E-state index in [1.54, 1.807) is 6.20 Å². The Morgan fingerprint density at radius 3 is 1.88 bits per heavy atom. The van der Waals surface area contributed by atoms with Gasteiger partial charge in [0.15, 0.2) is 11.9 Å². The van der Waals surface area contributed by atoms with Crippen molar-refractivity contribution in [3.8, 4) is 45.9 Å². The molecule has 3 aromatic rings. The minimum absolute atomic E-state index is 0.0431. The molecule has 0 radical (unpaired) electrons. The molecule has 8 N–H and O–H groups in total. The van der Waals surface area contributed by atoms with Crippen molar-refractivity contribution in [1.29, 1.82) is 10.8 Å². The van der Waals surface area contributed by atoms with Crippen LogP contribution in [0.4, 0.5) is 0 Å². The number of benzene rings is 2. The number of rotatable bonds is 6. The van der Waals surface area contributed by atoms with Gasteiger partial charge in [0.2, 0.25) is 0 Å². The van der Waals surface area contributed by atoms with Crippen molar-refractivity contribution >= 4 is 11.9 Å². The van der Waals surface area contributed by atoms with Crippen LogP contribution in [0, 0.1) is 34.5 Å². The van der Waals surface area contributed by atoms with Crippen molar-refractivity contribution in [1.82, 2.24) is 15.6 Å². The Morgan fingerprint density at radius 2 is 1.24 bits per heavy atom. The summed E-state index contributed by atoms with van der Waals surface area (Å²) in [7, 11) is 0. The lowest BCUT2D eigenvalue weighted by Crippen LogP contribution is -2.30. The minimum atomic E-state index is -0.0510. The number of nitrogens with zero attached hydrogens (tertiary/aromatic N) is 1. The maximum absolute atomic E-state index is 7.16. The third-order valence-corrected chi connectivity index (χ3v) is 4.73. The maximum atomic E-state index is 7.16. The molecular weight excluding hydrogens is 422 g/mol. The van der Waals surface area contributed by atoms with Crippen molar-refractivity contribution < 1.29 is 0 Å². The van der Waals surface area contributed by atoms with Crippen LogP contribution in [0.5, 0.6) is 0 Å². The van der Waals surface area contributed by atoms with E-state index in [9.17, 15) is 0 Å². The Labute approximate surface area is 200 Å². The number of pyridine rings is 1. The van der Waals surface area contributed by atoms with Crippen molar-refractivity contribution in [2.24, 2.45) is 11.5 Å². The van der Waals surface area contributed by atoms with E-state index >= 15 is 0 Å². The summed E-state index contributed by atoms with van der Waals surface area (Å²) in [6, 6.07) is 18.4. The molecule has 2 aromatic carbocycles. The highest BCUT2D eigenvalue weighted by molar-refractivity contribution is 5.75. The summed E-state index contributed by atoms with van der Waals surface area (Å²) in [5, 5.41) is 19.8. The van der Waals surface area contributed by atoms with Gasteiger partial charge in [-0.05, 0) is 41.0 Å². The standard InChI is InChI=1S/C27H27N7/c28-26(29)33-13-3-1-7-20-9-5-10-22(15-20)23-11-6-12-24(17-23)25-16-21(18-32-19-25)8-2-4-14-34-27(30)31/h5-6,9-12,15-19H,3-4,13-14H2,(H4,28,29,33)(H4,30,31,34). The van der Waals surface area contributed by atoms with Crippen LogP contribution in [0.2, 0.25) is 0 Å². The van der Waals surface area contributed by atoms with Crippen molar-refractivity contribution in [3.05, 3.63) is 78.1 Å². The smallest absolute Gasteiger partial charge is 0.185 e. The quantitative estimate of drug-likeness (QED) is 0.149. The molecule has 0 aliphatic heterocycles. The molecule has 0 bridgehead atoms. The third-order valence-electron chi connectivity index (χ3n) is 4.73. The van der Waals surface area contributed by atoms with Gasteiger partial charge in [0.1, 0.15) is 0 Å². The first-order valence-electron chi connectivity index (χ1n) is 10.8. The lowest BCUT2D eigenvalue weighted by Gasteiger charge is -2.07. The average molecular weight is 450 g/mol. The molecular formula is C27H27N7. The van der Waals surface area contributed by atoms with Gasteiger partial charge in [0.05, 0.1) is 0 Å². The van der Waals surface area contributed by atoms with E-state index in [1.807, 2.05) is 30.5 Å². The predicted octanol–water partition coefficient (Wildman–Crippen LogP) is 2.86. The lowest BCUT2D eigenvalue weighted by molar-refractivity contribution is 0.889. The van der Waals surface area contributed by atoms with E-state index in [0.717, 1.165) is 33.4 Å².